The molecular weight excluding hydrogens is 152 g/mol. The molecule has 0 heterocycles. The first-order chi connectivity index (χ1) is 5.72. The number of benzene rings is 1. The molecule has 0 radical (unpaired) electrons. The van der Waals surface area contributed by atoms with E-state index in [1.165, 1.54) is 0 Å². The quantitative estimate of drug-likeness (QED) is 0.585. The second-order valence-corrected chi connectivity index (χ2v) is 2.72. The summed E-state index contributed by atoms with van der Waals surface area (Å²) in [6, 6.07) is 7.67. The number of anilines is 1. The van der Waals surface area contributed by atoms with Gasteiger partial charge in [0.25, 0.3) is 0 Å². The molecular formula is C9H14N2O. The Morgan fingerprint density at radius 1 is 1.42 bits per heavy atom. The molecule has 3 heteroatoms. The summed E-state index contributed by atoms with van der Waals surface area (Å²) in [5, 5.41) is 11.9. The maximum absolute atomic E-state index is 9.00. The topological polar surface area (TPSA) is 58.3 Å². The van der Waals surface area contributed by atoms with Gasteiger partial charge in [0.15, 0.2) is 0 Å². The highest BCUT2D eigenvalue weighted by Crippen LogP contribution is 2.09. The Hall–Kier alpha value is -1.06. The van der Waals surface area contributed by atoms with Gasteiger partial charge in [-0.25, -0.2) is 0 Å². The van der Waals surface area contributed by atoms with E-state index in [1.54, 1.807) is 6.92 Å². The van der Waals surface area contributed by atoms with Gasteiger partial charge in [-0.3, -0.25) is 0 Å². The Kier molecular flexibility index (Phi) is 3.08. The lowest BCUT2D eigenvalue weighted by atomic mass is 10.2. The van der Waals surface area contributed by atoms with Gasteiger partial charge < -0.3 is 16.2 Å². The van der Waals surface area contributed by atoms with Crippen molar-refractivity contribution >= 4 is 5.69 Å². The molecule has 1 unspecified atom stereocenters. The summed E-state index contributed by atoms with van der Waals surface area (Å²) in [5.74, 6) is 0. The lowest BCUT2D eigenvalue weighted by Gasteiger charge is -2.08. The zero-order valence-corrected chi connectivity index (χ0v) is 7.12. The summed E-state index contributed by atoms with van der Waals surface area (Å²) >= 11 is 0. The highest BCUT2D eigenvalue weighted by molar-refractivity contribution is 5.44. The first-order valence-corrected chi connectivity index (χ1v) is 3.96. The van der Waals surface area contributed by atoms with E-state index in [0.717, 1.165) is 11.3 Å². The Morgan fingerprint density at radius 2 is 2.00 bits per heavy atom. The fourth-order valence-electron chi connectivity index (χ4n) is 0.978. The Balaban J connectivity index is 2.65. The van der Waals surface area contributed by atoms with Gasteiger partial charge in [0.05, 0.1) is 0 Å². The van der Waals surface area contributed by atoms with Crippen molar-refractivity contribution in [3.05, 3.63) is 29.8 Å². The second-order valence-electron chi connectivity index (χ2n) is 2.72. The minimum atomic E-state index is -0.520. The Bertz CT molecular complexity index is 231. The third kappa shape index (κ3) is 2.53. The van der Waals surface area contributed by atoms with E-state index in [2.05, 4.69) is 5.32 Å². The first-order valence-electron chi connectivity index (χ1n) is 3.96. The molecule has 0 fully saturated rings. The van der Waals surface area contributed by atoms with Crippen molar-refractivity contribution in [3.8, 4) is 0 Å². The van der Waals surface area contributed by atoms with E-state index < -0.39 is 6.23 Å². The fourth-order valence-corrected chi connectivity index (χ4v) is 0.978. The normalized spacial score (nSPS) is 12.6. The largest absolute Gasteiger partial charge is 0.374 e. The van der Waals surface area contributed by atoms with Crippen LogP contribution in [-0.4, -0.2) is 11.3 Å². The number of rotatable bonds is 3. The molecule has 0 saturated heterocycles. The van der Waals surface area contributed by atoms with Crippen LogP contribution in [0.1, 0.15) is 12.5 Å². The van der Waals surface area contributed by atoms with Crippen molar-refractivity contribution in [1.82, 2.24) is 0 Å². The Labute approximate surface area is 72.2 Å². The van der Waals surface area contributed by atoms with Crippen LogP contribution in [0.25, 0.3) is 0 Å². The molecule has 0 aliphatic heterocycles. The maximum atomic E-state index is 9.00. The van der Waals surface area contributed by atoms with Gasteiger partial charge in [0, 0.05) is 12.2 Å². The van der Waals surface area contributed by atoms with Gasteiger partial charge in [-0.2, -0.15) is 0 Å². The highest BCUT2D eigenvalue weighted by atomic mass is 16.3. The van der Waals surface area contributed by atoms with Crippen LogP contribution in [0.4, 0.5) is 5.69 Å². The molecule has 1 aromatic rings. The molecule has 0 aliphatic carbocycles. The number of hydrogen-bond acceptors (Lipinski definition) is 3. The summed E-state index contributed by atoms with van der Waals surface area (Å²) in [4.78, 5) is 0. The number of nitrogens with two attached hydrogens (primary N) is 1. The average molecular weight is 166 g/mol. The lowest BCUT2D eigenvalue weighted by molar-refractivity contribution is 0.224. The van der Waals surface area contributed by atoms with Gasteiger partial charge in [0.2, 0.25) is 0 Å². The van der Waals surface area contributed by atoms with Crippen LogP contribution in [0.3, 0.4) is 0 Å². The van der Waals surface area contributed by atoms with Crippen LogP contribution in [0.15, 0.2) is 24.3 Å². The molecule has 0 spiro atoms. The zero-order chi connectivity index (χ0) is 8.97. The molecule has 0 aromatic heterocycles. The van der Waals surface area contributed by atoms with Gasteiger partial charge in [0.1, 0.15) is 6.23 Å². The van der Waals surface area contributed by atoms with Gasteiger partial charge in [-0.15, -0.1) is 0 Å². The monoisotopic (exact) mass is 166 g/mol. The van der Waals surface area contributed by atoms with Crippen LogP contribution in [0.5, 0.6) is 0 Å². The van der Waals surface area contributed by atoms with Crippen molar-refractivity contribution in [1.29, 1.82) is 0 Å². The summed E-state index contributed by atoms with van der Waals surface area (Å²) in [7, 11) is 0. The molecule has 0 aliphatic rings. The van der Waals surface area contributed by atoms with Crippen LogP contribution in [0, 0.1) is 0 Å². The predicted molar refractivity (Wildman–Crippen MR) is 49.6 cm³/mol. The molecule has 12 heavy (non-hydrogen) atoms. The maximum Gasteiger partial charge on any atom is 0.121 e. The van der Waals surface area contributed by atoms with Crippen molar-refractivity contribution in [2.75, 3.05) is 5.32 Å². The molecule has 66 valence electrons. The number of aliphatic hydroxyl groups is 1. The first kappa shape index (κ1) is 9.03. The van der Waals surface area contributed by atoms with Gasteiger partial charge >= 0.3 is 0 Å². The zero-order valence-electron chi connectivity index (χ0n) is 7.12. The molecule has 0 amide bonds. The molecule has 4 N–H and O–H groups in total. The van der Waals surface area contributed by atoms with Crippen LogP contribution in [-0.2, 0) is 6.54 Å². The SMILES string of the molecule is CC(O)Nc1ccc(CN)cc1. The van der Waals surface area contributed by atoms with E-state index in [9.17, 15) is 0 Å². The standard InChI is InChI=1S/C9H14N2O/c1-7(12)11-9-4-2-8(6-10)3-5-9/h2-5,7,11-12H,6,10H2,1H3. The highest BCUT2D eigenvalue weighted by Gasteiger charge is 1.95. The third-order valence-electron chi connectivity index (χ3n) is 1.57. The molecule has 0 bridgehead atoms. The Morgan fingerprint density at radius 3 is 2.42 bits per heavy atom. The summed E-state index contributed by atoms with van der Waals surface area (Å²) in [6.07, 6.45) is -0.520. The molecule has 1 atom stereocenters. The van der Waals surface area contributed by atoms with E-state index in [1.807, 2.05) is 24.3 Å². The predicted octanol–water partition coefficient (Wildman–Crippen LogP) is 0.896. The average Bonchev–Trinajstić information content (AvgIpc) is 2.05. The van der Waals surface area contributed by atoms with Crippen molar-refractivity contribution in [2.24, 2.45) is 5.73 Å². The fraction of sp³-hybridized carbons (Fsp3) is 0.333. The molecule has 1 rings (SSSR count). The number of hydrogen-bond donors (Lipinski definition) is 3. The van der Waals surface area contributed by atoms with Crippen molar-refractivity contribution in [3.63, 3.8) is 0 Å². The minimum absolute atomic E-state index is 0.520. The number of aliphatic hydroxyl groups excluding tert-OH is 1. The molecule has 1 aromatic carbocycles. The van der Waals surface area contributed by atoms with Gasteiger partial charge in [-0.05, 0) is 24.6 Å². The third-order valence-corrected chi connectivity index (χ3v) is 1.57. The number of nitrogens with one attached hydrogen (secondary N) is 1. The molecule has 3 nitrogen and oxygen atoms in total. The summed E-state index contributed by atoms with van der Waals surface area (Å²) < 4.78 is 0. The van der Waals surface area contributed by atoms with E-state index >= 15 is 0 Å². The summed E-state index contributed by atoms with van der Waals surface area (Å²) in [6.45, 7) is 2.23. The van der Waals surface area contributed by atoms with E-state index in [0.29, 0.717) is 6.54 Å². The minimum Gasteiger partial charge on any atom is -0.374 e. The van der Waals surface area contributed by atoms with Gasteiger partial charge in [-0.1, -0.05) is 12.1 Å². The second kappa shape index (κ2) is 4.09. The van der Waals surface area contributed by atoms with E-state index in [4.69, 9.17) is 10.8 Å². The lowest BCUT2D eigenvalue weighted by Crippen LogP contribution is -2.13. The van der Waals surface area contributed by atoms with Crippen LogP contribution >= 0.6 is 0 Å². The van der Waals surface area contributed by atoms with E-state index in [-0.39, 0.29) is 0 Å². The van der Waals surface area contributed by atoms with Crippen LogP contribution < -0.4 is 11.1 Å². The smallest absolute Gasteiger partial charge is 0.121 e. The molecule has 0 saturated carbocycles. The van der Waals surface area contributed by atoms with Crippen molar-refractivity contribution in [2.45, 2.75) is 19.7 Å². The summed E-state index contributed by atoms with van der Waals surface area (Å²) in [5.41, 5.74) is 7.43. The van der Waals surface area contributed by atoms with Crippen molar-refractivity contribution < 1.29 is 5.11 Å². The van der Waals surface area contributed by atoms with Crippen LogP contribution in [0.2, 0.25) is 0 Å².